The van der Waals surface area contributed by atoms with Crippen molar-refractivity contribution < 1.29 is 8.78 Å². The summed E-state index contributed by atoms with van der Waals surface area (Å²) >= 11 is 6.25. The number of hydrogen-bond donors (Lipinski definition) is 2. The molecule has 0 fully saturated rings. The second kappa shape index (κ2) is 5.67. The third kappa shape index (κ3) is 3.43. The first-order chi connectivity index (χ1) is 8.54. The highest BCUT2D eigenvalue weighted by molar-refractivity contribution is 9.10. The van der Waals surface area contributed by atoms with Gasteiger partial charge < -0.3 is 10.9 Å². The van der Waals surface area contributed by atoms with E-state index in [9.17, 15) is 8.78 Å². The van der Waals surface area contributed by atoms with Crippen molar-refractivity contribution >= 4 is 43.2 Å². The lowest BCUT2D eigenvalue weighted by Crippen LogP contribution is -2.09. The average molecular weight is 378 g/mol. The van der Waals surface area contributed by atoms with Crippen molar-refractivity contribution in [2.45, 2.75) is 0 Å². The molecule has 0 heterocycles. The van der Waals surface area contributed by atoms with Gasteiger partial charge in [-0.15, -0.1) is 0 Å². The molecule has 0 aromatic heterocycles. The molecule has 0 atom stereocenters. The molecular formula is C12H8Br2F2N2. The van der Waals surface area contributed by atoms with Crippen molar-refractivity contribution in [2.24, 2.45) is 0 Å². The van der Waals surface area contributed by atoms with Crippen LogP contribution < -0.4 is 10.9 Å². The van der Waals surface area contributed by atoms with Crippen LogP contribution in [0.25, 0.3) is 0 Å². The Labute approximate surface area is 120 Å². The van der Waals surface area contributed by atoms with Crippen LogP contribution in [0.15, 0.2) is 45.3 Å². The van der Waals surface area contributed by atoms with E-state index >= 15 is 0 Å². The zero-order chi connectivity index (χ0) is 13.1. The lowest BCUT2D eigenvalue weighted by atomic mass is 10.3. The number of nitrogens with one attached hydrogen (secondary N) is 2. The first-order valence-corrected chi connectivity index (χ1v) is 6.56. The molecule has 0 unspecified atom stereocenters. The summed E-state index contributed by atoms with van der Waals surface area (Å²) in [5.41, 5.74) is 6.64. The van der Waals surface area contributed by atoms with Gasteiger partial charge in [0.2, 0.25) is 0 Å². The van der Waals surface area contributed by atoms with Gasteiger partial charge in [0, 0.05) is 4.47 Å². The summed E-state index contributed by atoms with van der Waals surface area (Å²) in [6.45, 7) is 0. The van der Waals surface area contributed by atoms with Gasteiger partial charge in [0.1, 0.15) is 11.6 Å². The SMILES string of the molecule is Fc1cc(Br)cc(NNc2ccc(Br)c(F)c2)c1. The molecule has 18 heavy (non-hydrogen) atoms. The van der Waals surface area contributed by atoms with Crippen molar-refractivity contribution in [3.05, 3.63) is 57.0 Å². The number of hydrazine groups is 1. The summed E-state index contributed by atoms with van der Waals surface area (Å²) in [5, 5.41) is 0. The molecule has 2 N–H and O–H groups in total. The number of benzene rings is 2. The van der Waals surface area contributed by atoms with Crippen LogP contribution in [0.4, 0.5) is 20.2 Å². The molecule has 0 aliphatic heterocycles. The highest BCUT2D eigenvalue weighted by atomic mass is 79.9. The zero-order valence-electron chi connectivity index (χ0n) is 8.98. The Kier molecular flexibility index (Phi) is 4.19. The van der Waals surface area contributed by atoms with Crippen molar-refractivity contribution in [3.63, 3.8) is 0 Å². The maximum absolute atomic E-state index is 13.3. The molecule has 0 aliphatic rings. The number of halogens is 4. The molecule has 0 saturated carbocycles. The summed E-state index contributed by atoms with van der Waals surface area (Å²) < 4.78 is 27.4. The predicted molar refractivity (Wildman–Crippen MR) is 75.4 cm³/mol. The standard InChI is InChI=1S/C12H8Br2F2N2/c13-7-3-8(15)5-10(4-7)18-17-9-1-2-11(14)12(16)6-9/h1-6,17-18H. The molecule has 2 aromatic carbocycles. The second-order valence-corrected chi connectivity index (χ2v) is 5.31. The minimum Gasteiger partial charge on any atom is -0.301 e. The van der Waals surface area contributed by atoms with Crippen molar-refractivity contribution in [3.8, 4) is 0 Å². The summed E-state index contributed by atoms with van der Waals surface area (Å²) in [6, 6.07) is 8.98. The molecule has 0 saturated heterocycles. The van der Waals surface area contributed by atoms with Gasteiger partial charge in [-0.1, -0.05) is 15.9 Å². The van der Waals surface area contributed by atoms with E-state index in [-0.39, 0.29) is 11.6 Å². The van der Waals surface area contributed by atoms with Crippen LogP contribution in [0.5, 0.6) is 0 Å². The molecule has 2 rings (SSSR count). The topological polar surface area (TPSA) is 24.1 Å². The smallest absolute Gasteiger partial charge is 0.139 e. The predicted octanol–water partition coefficient (Wildman–Crippen LogP) is 4.93. The van der Waals surface area contributed by atoms with Crippen molar-refractivity contribution in [2.75, 3.05) is 10.9 Å². The maximum atomic E-state index is 13.3. The molecule has 94 valence electrons. The molecule has 0 aliphatic carbocycles. The molecule has 0 radical (unpaired) electrons. The first kappa shape index (κ1) is 13.3. The van der Waals surface area contributed by atoms with Gasteiger partial charge >= 0.3 is 0 Å². The summed E-state index contributed by atoms with van der Waals surface area (Å²) in [7, 11) is 0. The molecular weight excluding hydrogens is 370 g/mol. The summed E-state index contributed by atoms with van der Waals surface area (Å²) in [4.78, 5) is 0. The second-order valence-electron chi connectivity index (χ2n) is 3.54. The normalized spacial score (nSPS) is 10.2. The van der Waals surface area contributed by atoms with E-state index in [4.69, 9.17) is 0 Å². The van der Waals surface area contributed by atoms with E-state index < -0.39 is 0 Å². The Morgan fingerprint density at radius 1 is 0.833 bits per heavy atom. The lowest BCUT2D eigenvalue weighted by molar-refractivity contribution is 0.621. The van der Waals surface area contributed by atoms with E-state index in [1.807, 2.05) is 0 Å². The summed E-state index contributed by atoms with van der Waals surface area (Å²) in [6.07, 6.45) is 0. The Balaban J connectivity index is 2.08. The van der Waals surface area contributed by atoms with Gasteiger partial charge in [0.15, 0.2) is 0 Å². The van der Waals surface area contributed by atoms with E-state index in [0.29, 0.717) is 20.3 Å². The van der Waals surface area contributed by atoms with Gasteiger partial charge in [-0.3, -0.25) is 0 Å². The Morgan fingerprint density at radius 3 is 2.22 bits per heavy atom. The van der Waals surface area contributed by atoms with Crippen LogP contribution in [-0.4, -0.2) is 0 Å². The Morgan fingerprint density at radius 2 is 1.56 bits per heavy atom. The summed E-state index contributed by atoms with van der Waals surface area (Å²) in [5.74, 6) is -0.738. The van der Waals surface area contributed by atoms with Gasteiger partial charge in [-0.2, -0.15) is 0 Å². The highest BCUT2D eigenvalue weighted by Crippen LogP contribution is 2.21. The van der Waals surface area contributed by atoms with Crippen LogP contribution in [0.1, 0.15) is 0 Å². The molecule has 6 heteroatoms. The van der Waals surface area contributed by atoms with Crippen LogP contribution >= 0.6 is 31.9 Å². The minimum absolute atomic E-state index is 0.365. The average Bonchev–Trinajstić information content (AvgIpc) is 2.29. The number of rotatable bonds is 3. The van der Waals surface area contributed by atoms with Crippen LogP contribution in [0.2, 0.25) is 0 Å². The van der Waals surface area contributed by atoms with Crippen LogP contribution in [-0.2, 0) is 0 Å². The molecule has 0 spiro atoms. The van der Waals surface area contributed by atoms with Gasteiger partial charge in [0.25, 0.3) is 0 Å². The maximum Gasteiger partial charge on any atom is 0.139 e. The van der Waals surface area contributed by atoms with Gasteiger partial charge in [0.05, 0.1) is 15.8 Å². The molecule has 2 aromatic rings. The Bertz CT molecular complexity index is 556. The Hall–Kier alpha value is -1.14. The fourth-order valence-electron chi connectivity index (χ4n) is 1.34. The fraction of sp³-hybridized carbons (Fsp3) is 0. The third-order valence-corrected chi connectivity index (χ3v) is 3.23. The van der Waals surface area contributed by atoms with E-state index in [0.717, 1.165) is 0 Å². The third-order valence-electron chi connectivity index (χ3n) is 2.13. The molecule has 0 amide bonds. The fourth-order valence-corrected chi connectivity index (χ4v) is 2.06. The van der Waals surface area contributed by atoms with Crippen molar-refractivity contribution in [1.29, 1.82) is 0 Å². The van der Waals surface area contributed by atoms with Crippen LogP contribution in [0.3, 0.4) is 0 Å². The number of hydrogen-bond acceptors (Lipinski definition) is 2. The largest absolute Gasteiger partial charge is 0.301 e. The highest BCUT2D eigenvalue weighted by Gasteiger charge is 2.01. The first-order valence-electron chi connectivity index (χ1n) is 4.98. The lowest BCUT2D eigenvalue weighted by Gasteiger charge is -2.10. The molecule has 2 nitrogen and oxygen atoms in total. The minimum atomic E-state index is -0.373. The monoisotopic (exact) mass is 376 g/mol. The van der Waals surface area contributed by atoms with E-state index in [2.05, 4.69) is 42.7 Å². The quantitative estimate of drug-likeness (QED) is 0.741. The number of anilines is 2. The van der Waals surface area contributed by atoms with E-state index in [1.54, 1.807) is 18.2 Å². The van der Waals surface area contributed by atoms with Crippen LogP contribution in [0, 0.1) is 11.6 Å². The van der Waals surface area contributed by atoms with Gasteiger partial charge in [-0.25, -0.2) is 8.78 Å². The van der Waals surface area contributed by atoms with Gasteiger partial charge in [-0.05, 0) is 52.3 Å². The zero-order valence-corrected chi connectivity index (χ0v) is 12.1. The molecule has 0 bridgehead atoms. The van der Waals surface area contributed by atoms with E-state index in [1.165, 1.54) is 18.2 Å². The van der Waals surface area contributed by atoms with Crippen molar-refractivity contribution in [1.82, 2.24) is 0 Å².